The highest BCUT2D eigenvalue weighted by atomic mass is 127. The van der Waals surface area contributed by atoms with Gasteiger partial charge < -0.3 is 10.4 Å². The lowest BCUT2D eigenvalue weighted by molar-refractivity contribution is -0.708. The Morgan fingerprint density at radius 1 is 0.909 bits per heavy atom. The van der Waals surface area contributed by atoms with Crippen LogP contribution in [0.1, 0.15) is 89.9 Å². The number of halogens is 1. The minimum Gasteiger partial charge on any atom is -0.396 e. The lowest BCUT2D eigenvalue weighted by atomic mass is 9.87. The van der Waals surface area contributed by atoms with Crippen LogP contribution in [-0.2, 0) is 0 Å². The molecule has 1 unspecified atom stereocenters. The zero-order chi connectivity index (χ0) is 15.9. The first-order valence-corrected chi connectivity index (χ1v) is 10.4. The smallest absolute Gasteiger partial charge is 0.107 e. The van der Waals surface area contributed by atoms with Crippen LogP contribution in [0.25, 0.3) is 0 Å². The number of hydrogen-bond acceptors (Lipinski definition) is 1. The third-order valence-corrected chi connectivity index (χ3v) is 5.43. The Hall–Kier alpha value is 0.210. The summed E-state index contributed by atoms with van der Waals surface area (Å²) in [7, 11) is 0. The van der Waals surface area contributed by atoms with Crippen LogP contribution >= 0.6 is 22.6 Å². The number of hydrogen-bond donors (Lipinski definition) is 2. The van der Waals surface area contributed by atoms with Crippen molar-refractivity contribution >= 4 is 22.6 Å². The molecule has 3 N–H and O–H groups in total. The van der Waals surface area contributed by atoms with Gasteiger partial charge in [-0.1, -0.05) is 57.3 Å². The second-order valence-electron chi connectivity index (χ2n) is 6.92. The van der Waals surface area contributed by atoms with E-state index in [4.69, 9.17) is 5.11 Å². The summed E-state index contributed by atoms with van der Waals surface area (Å²) in [6, 6.07) is 0. The Balaban J connectivity index is 1.94. The second kappa shape index (κ2) is 13.6. The minimum absolute atomic E-state index is 0.363. The molecular weight excluding hydrogens is 385 g/mol. The lowest BCUT2D eigenvalue weighted by Crippen LogP contribution is -2.93. The Morgan fingerprint density at radius 3 is 2.00 bits per heavy atom. The van der Waals surface area contributed by atoms with Crippen molar-refractivity contribution in [2.45, 2.75) is 95.4 Å². The average Bonchev–Trinajstić information content (AvgIpc) is 3.00. The highest BCUT2D eigenvalue weighted by Gasteiger charge is 2.36. The van der Waals surface area contributed by atoms with E-state index in [-0.39, 0.29) is 0 Å². The maximum atomic E-state index is 8.72. The fourth-order valence-corrected chi connectivity index (χ4v) is 3.84. The van der Waals surface area contributed by atoms with Gasteiger partial charge in [0.2, 0.25) is 0 Å². The van der Waals surface area contributed by atoms with Gasteiger partial charge in [0, 0.05) is 48.5 Å². The molecule has 1 fully saturated rings. The SMILES string of the molecule is OCCCCCCCCCCCCC1(CC#CI)CCC[NH2+]1. The molecule has 2 nitrogen and oxygen atoms in total. The standard InChI is InChI=1S/C19H34INO/c20-16-11-14-19(15-12-17-21-19)13-9-7-5-3-1-2-4-6-8-10-18-22/h21-22H,1-10,12-15,17-18H2/p+1. The van der Waals surface area contributed by atoms with Crippen LogP contribution in [0.3, 0.4) is 0 Å². The monoisotopic (exact) mass is 420 g/mol. The summed E-state index contributed by atoms with van der Waals surface area (Å²) in [6.45, 7) is 1.67. The summed E-state index contributed by atoms with van der Waals surface area (Å²) in [5, 5.41) is 11.3. The molecule has 3 heteroatoms. The van der Waals surface area contributed by atoms with E-state index < -0.39 is 0 Å². The molecule has 0 aromatic heterocycles. The van der Waals surface area contributed by atoms with Gasteiger partial charge in [0.1, 0.15) is 5.54 Å². The van der Waals surface area contributed by atoms with E-state index in [1.54, 1.807) is 0 Å². The molecule has 1 rings (SSSR count). The Morgan fingerprint density at radius 2 is 1.50 bits per heavy atom. The number of unbranched alkanes of at least 4 members (excludes halogenated alkanes) is 9. The van der Waals surface area contributed by atoms with Crippen molar-refractivity contribution in [1.82, 2.24) is 0 Å². The molecule has 1 heterocycles. The van der Waals surface area contributed by atoms with Gasteiger partial charge in [-0.3, -0.25) is 0 Å². The van der Waals surface area contributed by atoms with Crippen LogP contribution in [0, 0.1) is 9.85 Å². The normalized spacial score (nSPS) is 20.8. The molecule has 0 aliphatic carbocycles. The number of aliphatic hydroxyl groups excluding tert-OH is 1. The first-order valence-electron chi connectivity index (χ1n) is 9.37. The van der Waals surface area contributed by atoms with E-state index in [0.29, 0.717) is 12.1 Å². The van der Waals surface area contributed by atoms with E-state index in [1.807, 2.05) is 0 Å². The van der Waals surface area contributed by atoms with E-state index in [9.17, 15) is 0 Å². The van der Waals surface area contributed by atoms with E-state index in [1.165, 1.54) is 83.6 Å². The number of quaternary nitrogens is 1. The zero-order valence-electron chi connectivity index (χ0n) is 14.2. The molecule has 0 bridgehead atoms. The van der Waals surface area contributed by atoms with Crippen molar-refractivity contribution in [3.05, 3.63) is 0 Å². The molecule has 1 atom stereocenters. The molecular formula is C19H35INO+. The summed E-state index contributed by atoms with van der Waals surface area (Å²) >= 11 is 2.17. The van der Waals surface area contributed by atoms with Gasteiger partial charge in [-0.05, 0) is 16.8 Å². The molecule has 0 spiro atoms. The zero-order valence-corrected chi connectivity index (χ0v) is 16.4. The molecule has 0 radical (unpaired) electrons. The van der Waals surface area contributed by atoms with E-state index in [2.05, 4.69) is 37.8 Å². The summed E-state index contributed by atoms with van der Waals surface area (Å²) < 4.78 is 3.05. The summed E-state index contributed by atoms with van der Waals surface area (Å²) in [5.41, 5.74) is 0.463. The quantitative estimate of drug-likeness (QED) is 0.262. The molecule has 1 saturated heterocycles. The fraction of sp³-hybridized carbons (Fsp3) is 0.895. The summed E-state index contributed by atoms with van der Waals surface area (Å²) in [5.74, 6) is 3.31. The van der Waals surface area contributed by atoms with Crippen molar-refractivity contribution in [1.29, 1.82) is 0 Å². The summed E-state index contributed by atoms with van der Waals surface area (Å²) in [4.78, 5) is 0. The Labute approximate surface area is 151 Å². The first kappa shape index (κ1) is 20.3. The van der Waals surface area contributed by atoms with Gasteiger partial charge in [0.15, 0.2) is 0 Å². The number of aliphatic hydroxyl groups is 1. The molecule has 22 heavy (non-hydrogen) atoms. The maximum Gasteiger partial charge on any atom is 0.107 e. The van der Waals surface area contributed by atoms with Crippen LogP contribution < -0.4 is 5.32 Å². The number of nitrogens with two attached hydrogens (primary N) is 1. The van der Waals surface area contributed by atoms with Gasteiger partial charge in [0.05, 0.1) is 13.0 Å². The third kappa shape index (κ3) is 9.37. The topological polar surface area (TPSA) is 36.8 Å². The van der Waals surface area contributed by atoms with Gasteiger partial charge >= 0.3 is 0 Å². The van der Waals surface area contributed by atoms with Crippen molar-refractivity contribution in [2.24, 2.45) is 0 Å². The minimum atomic E-state index is 0.363. The van der Waals surface area contributed by atoms with Crippen LogP contribution in [0.4, 0.5) is 0 Å². The van der Waals surface area contributed by atoms with Crippen LogP contribution in [0.2, 0.25) is 0 Å². The van der Waals surface area contributed by atoms with E-state index in [0.717, 1.165) is 12.8 Å². The fourth-order valence-electron chi connectivity index (χ4n) is 3.65. The Bertz CT molecular complexity index is 315. The van der Waals surface area contributed by atoms with Crippen LogP contribution in [0.5, 0.6) is 0 Å². The summed E-state index contributed by atoms with van der Waals surface area (Å²) in [6.07, 6.45) is 18.4. The predicted octanol–water partition coefficient (Wildman–Crippen LogP) is 4.15. The molecule has 1 aliphatic rings. The van der Waals surface area contributed by atoms with Crippen LogP contribution in [-0.4, -0.2) is 23.8 Å². The van der Waals surface area contributed by atoms with Gasteiger partial charge in [-0.2, -0.15) is 0 Å². The number of rotatable bonds is 13. The van der Waals surface area contributed by atoms with E-state index >= 15 is 0 Å². The largest absolute Gasteiger partial charge is 0.396 e. The van der Waals surface area contributed by atoms with Crippen molar-refractivity contribution in [3.8, 4) is 9.85 Å². The predicted molar refractivity (Wildman–Crippen MR) is 103 cm³/mol. The average molecular weight is 420 g/mol. The van der Waals surface area contributed by atoms with Crippen molar-refractivity contribution in [2.75, 3.05) is 13.2 Å². The van der Waals surface area contributed by atoms with Crippen molar-refractivity contribution < 1.29 is 10.4 Å². The third-order valence-electron chi connectivity index (χ3n) is 5.05. The van der Waals surface area contributed by atoms with Crippen LogP contribution in [0.15, 0.2) is 0 Å². The maximum absolute atomic E-state index is 8.72. The van der Waals surface area contributed by atoms with Gasteiger partial charge in [-0.25, -0.2) is 0 Å². The molecule has 0 aromatic carbocycles. The molecule has 128 valence electrons. The van der Waals surface area contributed by atoms with Gasteiger partial charge in [0.25, 0.3) is 0 Å². The molecule has 0 aromatic rings. The first-order chi connectivity index (χ1) is 10.8. The highest BCUT2D eigenvalue weighted by molar-refractivity contribution is 14.1. The highest BCUT2D eigenvalue weighted by Crippen LogP contribution is 2.24. The van der Waals surface area contributed by atoms with Crippen molar-refractivity contribution in [3.63, 3.8) is 0 Å². The molecule has 0 amide bonds. The second-order valence-corrected chi connectivity index (χ2v) is 7.46. The Kier molecular flexibility index (Phi) is 12.5. The molecule has 1 aliphatic heterocycles. The molecule has 0 saturated carbocycles. The van der Waals surface area contributed by atoms with Gasteiger partial charge in [-0.15, -0.1) is 0 Å². The lowest BCUT2D eigenvalue weighted by Gasteiger charge is -2.23.